The molecule has 6 heteroatoms. The molecule has 1 heterocycles. The van der Waals surface area contributed by atoms with Gasteiger partial charge in [0.15, 0.2) is 0 Å². The average Bonchev–Trinajstić information content (AvgIpc) is 2.47. The normalized spacial score (nSPS) is 21.5. The summed E-state index contributed by atoms with van der Waals surface area (Å²) in [7, 11) is 0. The summed E-state index contributed by atoms with van der Waals surface area (Å²) >= 11 is 4.84. The summed E-state index contributed by atoms with van der Waals surface area (Å²) in [4.78, 5) is 13.3. The highest BCUT2D eigenvalue weighted by Crippen LogP contribution is 2.16. The summed E-state index contributed by atoms with van der Waals surface area (Å²) in [5, 5.41) is 0. The van der Waals surface area contributed by atoms with Gasteiger partial charge in [-0.05, 0) is 20.8 Å². The minimum atomic E-state index is -0.527. The summed E-state index contributed by atoms with van der Waals surface area (Å²) in [6.45, 7) is 5.93. The van der Waals surface area contributed by atoms with Gasteiger partial charge in [-0.25, -0.2) is 4.79 Å². The molecular weight excluding hydrogens is 216 g/mol. The Morgan fingerprint density at radius 2 is 2.20 bits per heavy atom. The van der Waals surface area contributed by atoms with Gasteiger partial charge in [-0.3, -0.25) is 4.90 Å². The third-order valence-corrected chi connectivity index (χ3v) is 2.11. The SMILES string of the molecule is CC(C)(C)OC(=O)N1COCC1C(N)=S. The van der Waals surface area contributed by atoms with Crippen molar-refractivity contribution in [3.63, 3.8) is 0 Å². The van der Waals surface area contributed by atoms with E-state index in [4.69, 9.17) is 27.4 Å². The summed E-state index contributed by atoms with van der Waals surface area (Å²) in [6.07, 6.45) is -0.446. The van der Waals surface area contributed by atoms with Crippen LogP contribution in [0.2, 0.25) is 0 Å². The number of thiocarbonyl (C=S) groups is 1. The van der Waals surface area contributed by atoms with Gasteiger partial charge < -0.3 is 15.2 Å². The van der Waals surface area contributed by atoms with Gasteiger partial charge in [0.1, 0.15) is 18.4 Å². The predicted molar refractivity (Wildman–Crippen MR) is 59.5 cm³/mol. The van der Waals surface area contributed by atoms with Crippen molar-refractivity contribution >= 4 is 23.3 Å². The van der Waals surface area contributed by atoms with E-state index in [9.17, 15) is 4.79 Å². The summed E-state index contributed by atoms with van der Waals surface area (Å²) < 4.78 is 10.3. The van der Waals surface area contributed by atoms with Crippen molar-refractivity contribution in [2.24, 2.45) is 5.73 Å². The molecule has 0 bridgehead atoms. The Morgan fingerprint density at radius 3 is 2.67 bits per heavy atom. The van der Waals surface area contributed by atoms with Gasteiger partial charge in [-0.15, -0.1) is 0 Å². The first-order chi connectivity index (χ1) is 6.81. The molecule has 1 atom stereocenters. The smallest absolute Gasteiger partial charge is 0.412 e. The molecular formula is C9H16N2O3S. The molecule has 0 aromatic carbocycles. The van der Waals surface area contributed by atoms with Crippen molar-refractivity contribution in [1.29, 1.82) is 0 Å². The van der Waals surface area contributed by atoms with Crippen molar-refractivity contribution in [3.8, 4) is 0 Å². The molecule has 1 unspecified atom stereocenters. The summed E-state index contributed by atoms with van der Waals surface area (Å²) in [5.74, 6) is 0. The Balaban J connectivity index is 2.63. The number of amides is 1. The molecule has 0 saturated carbocycles. The van der Waals surface area contributed by atoms with Crippen LogP contribution in [-0.4, -0.2) is 41.0 Å². The van der Waals surface area contributed by atoms with E-state index in [0.717, 1.165) is 0 Å². The third kappa shape index (κ3) is 3.32. The van der Waals surface area contributed by atoms with Crippen LogP contribution < -0.4 is 5.73 Å². The van der Waals surface area contributed by atoms with Gasteiger partial charge in [0, 0.05) is 0 Å². The minimum Gasteiger partial charge on any atom is -0.444 e. The summed E-state index contributed by atoms with van der Waals surface area (Å²) in [5.41, 5.74) is 4.96. The first kappa shape index (κ1) is 12.2. The molecule has 2 N–H and O–H groups in total. The lowest BCUT2D eigenvalue weighted by molar-refractivity contribution is 0.0186. The topological polar surface area (TPSA) is 64.8 Å². The highest BCUT2D eigenvalue weighted by Gasteiger charge is 2.34. The zero-order valence-electron chi connectivity index (χ0n) is 9.15. The molecule has 0 aliphatic carbocycles. The Kier molecular flexibility index (Phi) is 3.51. The number of hydrogen-bond donors (Lipinski definition) is 1. The lowest BCUT2D eigenvalue weighted by Crippen LogP contribution is -2.46. The second kappa shape index (κ2) is 4.32. The van der Waals surface area contributed by atoms with Crippen molar-refractivity contribution < 1.29 is 14.3 Å². The lowest BCUT2D eigenvalue weighted by atomic mass is 10.2. The fourth-order valence-electron chi connectivity index (χ4n) is 1.18. The molecule has 1 saturated heterocycles. The fraction of sp³-hybridized carbons (Fsp3) is 0.778. The highest BCUT2D eigenvalue weighted by molar-refractivity contribution is 7.80. The van der Waals surface area contributed by atoms with Crippen LogP contribution >= 0.6 is 12.2 Å². The predicted octanol–water partition coefficient (Wildman–Crippen LogP) is 0.866. The number of nitrogens with zero attached hydrogens (tertiary/aromatic N) is 1. The maximum absolute atomic E-state index is 11.7. The van der Waals surface area contributed by atoms with Gasteiger partial charge in [0.2, 0.25) is 0 Å². The highest BCUT2D eigenvalue weighted by atomic mass is 32.1. The second-order valence-corrected chi connectivity index (χ2v) is 4.84. The Bertz CT molecular complexity index is 275. The molecule has 0 radical (unpaired) electrons. The van der Waals surface area contributed by atoms with Crippen LogP contribution in [0.3, 0.4) is 0 Å². The largest absolute Gasteiger partial charge is 0.444 e. The zero-order valence-corrected chi connectivity index (χ0v) is 9.97. The number of carbonyl (C=O) groups excluding carboxylic acids is 1. The standard InChI is InChI=1S/C9H16N2O3S/c1-9(2,3)14-8(12)11-5-13-4-6(11)7(10)15/h6H,4-5H2,1-3H3,(H2,10,15). The van der Waals surface area contributed by atoms with E-state index in [-0.39, 0.29) is 17.8 Å². The van der Waals surface area contributed by atoms with Gasteiger partial charge in [0.25, 0.3) is 0 Å². The number of ether oxygens (including phenoxy) is 2. The van der Waals surface area contributed by atoms with Crippen LogP contribution in [0.4, 0.5) is 4.79 Å². The van der Waals surface area contributed by atoms with Gasteiger partial charge in [-0.2, -0.15) is 0 Å². The Labute approximate surface area is 94.5 Å². The van der Waals surface area contributed by atoms with E-state index in [1.165, 1.54) is 4.90 Å². The van der Waals surface area contributed by atoms with Crippen LogP contribution in [0.1, 0.15) is 20.8 Å². The van der Waals surface area contributed by atoms with Crippen LogP contribution in [0, 0.1) is 0 Å². The molecule has 1 amide bonds. The average molecular weight is 232 g/mol. The van der Waals surface area contributed by atoms with Crippen molar-refractivity contribution in [3.05, 3.63) is 0 Å². The lowest BCUT2D eigenvalue weighted by Gasteiger charge is -2.26. The fourth-order valence-corrected chi connectivity index (χ4v) is 1.37. The summed E-state index contributed by atoms with van der Waals surface area (Å²) in [6, 6.07) is -0.352. The molecule has 0 spiro atoms. The molecule has 0 aromatic rings. The number of hydrogen-bond acceptors (Lipinski definition) is 4. The van der Waals surface area contributed by atoms with E-state index in [2.05, 4.69) is 0 Å². The monoisotopic (exact) mass is 232 g/mol. The molecule has 0 aromatic heterocycles. The Morgan fingerprint density at radius 1 is 1.60 bits per heavy atom. The maximum atomic E-state index is 11.7. The van der Waals surface area contributed by atoms with Crippen molar-refractivity contribution in [2.45, 2.75) is 32.4 Å². The van der Waals surface area contributed by atoms with Gasteiger partial charge >= 0.3 is 6.09 Å². The first-order valence-electron chi connectivity index (χ1n) is 4.68. The van der Waals surface area contributed by atoms with E-state index >= 15 is 0 Å². The van der Waals surface area contributed by atoms with E-state index in [1.54, 1.807) is 20.8 Å². The zero-order chi connectivity index (χ0) is 11.6. The maximum Gasteiger partial charge on any atom is 0.412 e. The van der Waals surface area contributed by atoms with Crippen molar-refractivity contribution in [2.75, 3.05) is 13.3 Å². The van der Waals surface area contributed by atoms with E-state index < -0.39 is 11.7 Å². The van der Waals surface area contributed by atoms with Crippen LogP contribution in [-0.2, 0) is 9.47 Å². The van der Waals surface area contributed by atoms with Crippen molar-refractivity contribution in [1.82, 2.24) is 4.90 Å². The van der Waals surface area contributed by atoms with Crippen LogP contribution in [0.25, 0.3) is 0 Å². The molecule has 86 valence electrons. The first-order valence-corrected chi connectivity index (χ1v) is 5.09. The minimum absolute atomic E-state index is 0.177. The molecule has 1 fully saturated rings. The molecule has 1 rings (SSSR count). The van der Waals surface area contributed by atoms with Crippen LogP contribution in [0.5, 0.6) is 0 Å². The molecule has 15 heavy (non-hydrogen) atoms. The van der Waals surface area contributed by atoms with E-state index in [1.807, 2.05) is 0 Å². The van der Waals surface area contributed by atoms with Crippen LogP contribution in [0.15, 0.2) is 0 Å². The van der Waals surface area contributed by atoms with Gasteiger partial charge in [0.05, 0.1) is 11.6 Å². The number of carbonyl (C=O) groups is 1. The number of rotatable bonds is 1. The molecule has 1 aliphatic heterocycles. The second-order valence-electron chi connectivity index (χ2n) is 4.37. The third-order valence-electron chi connectivity index (χ3n) is 1.84. The quantitative estimate of drug-likeness (QED) is 0.679. The van der Waals surface area contributed by atoms with Gasteiger partial charge in [-0.1, -0.05) is 12.2 Å². The number of nitrogens with two attached hydrogens (primary N) is 1. The Hall–Kier alpha value is -0.880. The molecule has 5 nitrogen and oxygen atoms in total. The van der Waals surface area contributed by atoms with E-state index in [0.29, 0.717) is 6.61 Å². The molecule has 1 aliphatic rings.